The summed E-state index contributed by atoms with van der Waals surface area (Å²) in [5, 5.41) is 13.8. The number of pyridine rings is 2. The molecule has 11 heteroatoms. The summed E-state index contributed by atoms with van der Waals surface area (Å²) in [7, 11) is 0. The Labute approximate surface area is 227 Å². The van der Waals surface area contributed by atoms with Crippen LogP contribution >= 0.6 is 11.6 Å². The zero-order chi connectivity index (χ0) is 27.6. The van der Waals surface area contributed by atoms with Gasteiger partial charge in [-0.1, -0.05) is 11.6 Å². The summed E-state index contributed by atoms with van der Waals surface area (Å²) in [5.74, 6) is -0.373. The lowest BCUT2D eigenvalue weighted by Gasteiger charge is -2.28. The van der Waals surface area contributed by atoms with E-state index in [1.54, 1.807) is 31.2 Å². The van der Waals surface area contributed by atoms with E-state index in [4.69, 9.17) is 21.1 Å². The van der Waals surface area contributed by atoms with Gasteiger partial charge in [0, 0.05) is 40.2 Å². The van der Waals surface area contributed by atoms with E-state index < -0.39 is 17.5 Å². The molecule has 0 bridgehead atoms. The van der Waals surface area contributed by atoms with Crippen LogP contribution in [-0.2, 0) is 10.3 Å². The summed E-state index contributed by atoms with van der Waals surface area (Å²) in [6.07, 6.45) is 1.79. The van der Waals surface area contributed by atoms with Gasteiger partial charge < -0.3 is 19.9 Å². The van der Waals surface area contributed by atoms with Gasteiger partial charge in [-0.15, -0.1) is 0 Å². The van der Waals surface area contributed by atoms with Crippen LogP contribution in [0.25, 0.3) is 21.9 Å². The summed E-state index contributed by atoms with van der Waals surface area (Å²) in [5.41, 5.74) is 2.58. The van der Waals surface area contributed by atoms with E-state index >= 15 is 4.39 Å². The molecule has 2 aliphatic rings. The Bertz CT molecular complexity index is 1720. The standard InChI is InChI=1S/C28H22ClFN4O5/c1-13-18(11-32-25-24(13)34(27(36)37)6-7-38-25)17-8-14-9-21(31-12-19(14)22(29)23(17)30)33-15-4-5-16-20(10-15)28(2,3)39-26(16)35/h4-5,8-12H,6-7H2,1-3H3,(H,31,33)(H,36,37). The number of rotatable bonds is 3. The summed E-state index contributed by atoms with van der Waals surface area (Å²) in [6.45, 7) is 5.66. The van der Waals surface area contributed by atoms with Crippen LogP contribution in [0.1, 0.15) is 35.3 Å². The summed E-state index contributed by atoms with van der Waals surface area (Å²) < 4.78 is 26.5. The number of carbonyl (C=O) groups is 2. The number of carbonyl (C=O) groups excluding carboxylic acids is 1. The van der Waals surface area contributed by atoms with Gasteiger partial charge in [-0.3, -0.25) is 4.90 Å². The molecule has 0 saturated heterocycles. The number of esters is 1. The van der Waals surface area contributed by atoms with E-state index in [-0.39, 0.29) is 41.3 Å². The molecule has 0 fully saturated rings. The third-order valence-electron chi connectivity index (χ3n) is 7.03. The smallest absolute Gasteiger partial charge is 0.412 e. The van der Waals surface area contributed by atoms with E-state index in [1.807, 2.05) is 19.9 Å². The van der Waals surface area contributed by atoms with Gasteiger partial charge in [-0.2, -0.15) is 0 Å². The van der Waals surface area contributed by atoms with E-state index in [9.17, 15) is 14.7 Å². The predicted octanol–water partition coefficient (Wildman–Crippen LogP) is 6.42. The van der Waals surface area contributed by atoms with Gasteiger partial charge >= 0.3 is 12.1 Å². The highest BCUT2D eigenvalue weighted by molar-refractivity contribution is 6.36. The Morgan fingerprint density at radius 1 is 1.15 bits per heavy atom. The maximum absolute atomic E-state index is 15.6. The largest absolute Gasteiger partial charge is 0.474 e. The number of hydrogen-bond donors (Lipinski definition) is 2. The van der Waals surface area contributed by atoms with Crippen LogP contribution in [0.5, 0.6) is 5.88 Å². The summed E-state index contributed by atoms with van der Waals surface area (Å²) in [6, 6.07) is 8.67. The molecule has 6 rings (SSSR count). The van der Waals surface area contributed by atoms with Crippen molar-refractivity contribution in [1.82, 2.24) is 9.97 Å². The number of anilines is 3. The first-order valence-corrected chi connectivity index (χ1v) is 12.5. The molecule has 0 aliphatic carbocycles. The molecule has 0 unspecified atom stereocenters. The van der Waals surface area contributed by atoms with Crippen molar-refractivity contribution in [2.45, 2.75) is 26.4 Å². The van der Waals surface area contributed by atoms with Crippen molar-refractivity contribution in [2.75, 3.05) is 23.4 Å². The van der Waals surface area contributed by atoms with Crippen molar-refractivity contribution in [1.29, 1.82) is 0 Å². The van der Waals surface area contributed by atoms with Gasteiger partial charge in [0.15, 0.2) is 0 Å². The quantitative estimate of drug-likeness (QED) is 0.282. The number of nitrogens with zero attached hydrogens (tertiary/aromatic N) is 3. The van der Waals surface area contributed by atoms with Crippen molar-refractivity contribution in [3.05, 3.63) is 70.3 Å². The second kappa shape index (κ2) is 8.81. The minimum absolute atomic E-state index is 0.111. The molecule has 1 amide bonds. The van der Waals surface area contributed by atoms with E-state index in [0.717, 1.165) is 10.5 Å². The number of aromatic nitrogens is 2. The molecule has 4 heterocycles. The zero-order valence-electron chi connectivity index (χ0n) is 21.1. The van der Waals surface area contributed by atoms with Gasteiger partial charge in [-0.05, 0) is 62.1 Å². The van der Waals surface area contributed by atoms with E-state index in [1.165, 1.54) is 12.4 Å². The van der Waals surface area contributed by atoms with Crippen LogP contribution in [0.2, 0.25) is 5.02 Å². The lowest BCUT2D eigenvalue weighted by Crippen LogP contribution is -2.37. The SMILES string of the molecule is Cc1c(-c2cc3cc(Nc4ccc5c(c4)C(C)(C)OC5=O)ncc3c(Cl)c2F)cnc2c1N(C(=O)O)CCO2. The van der Waals surface area contributed by atoms with Crippen molar-refractivity contribution in [2.24, 2.45) is 0 Å². The van der Waals surface area contributed by atoms with Crippen molar-refractivity contribution < 1.29 is 28.6 Å². The van der Waals surface area contributed by atoms with E-state index in [2.05, 4.69) is 15.3 Å². The molecule has 2 N–H and O–H groups in total. The molecule has 2 aliphatic heterocycles. The molecule has 2 aromatic carbocycles. The Morgan fingerprint density at radius 2 is 1.95 bits per heavy atom. The first kappa shape index (κ1) is 24.9. The number of carboxylic acid groups (broad SMARTS) is 1. The van der Waals surface area contributed by atoms with Crippen LogP contribution < -0.4 is 15.0 Å². The van der Waals surface area contributed by atoms with Crippen molar-refractivity contribution in [3.63, 3.8) is 0 Å². The number of nitrogens with one attached hydrogen (secondary N) is 1. The molecule has 2 aromatic heterocycles. The predicted molar refractivity (Wildman–Crippen MR) is 144 cm³/mol. The van der Waals surface area contributed by atoms with Crippen LogP contribution in [0.3, 0.4) is 0 Å². The minimum Gasteiger partial charge on any atom is -0.474 e. The van der Waals surface area contributed by atoms with Gasteiger partial charge in [0.1, 0.15) is 29.5 Å². The van der Waals surface area contributed by atoms with Crippen LogP contribution in [-0.4, -0.2) is 40.3 Å². The minimum atomic E-state index is -1.15. The second-order valence-electron chi connectivity index (χ2n) is 9.86. The molecule has 0 atom stereocenters. The molecular weight excluding hydrogens is 527 g/mol. The third-order valence-corrected chi connectivity index (χ3v) is 7.40. The van der Waals surface area contributed by atoms with Gasteiger partial charge in [0.25, 0.3) is 0 Å². The average molecular weight is 549 g/mol. The number of fused-ring (bicyclic) bond motifs is 3. The molecule has 0 spiro atoms. The topological polar surface area (TPSA) is 114 Å². The van der Waals surface area contributed by atoms with Gasteiger partial charge in [0.2, 0.25) is 5.88 Å². The van der Waals surface area contributed by atoms with Crippen LogP contribution in [0.4, 0.5) is 26.4 Å². The Hall–Kier alpha value is -4.44. The number of ether oxygens (including phenoxy) is 2. The summed E-state index contributed by atoms with van der Waals surface area (Å²) >= 11 is 6.45. The highest BCUT2D eigenvalue weighted by Gasteiger charge is 2.37. The maximum atomic E-state index is 15.6. The van der Waals surface area contributed by atoms with Gasteiger partial charge in [-0.25, -0.2) is 23.9 Å². The first-order chi connectivity index (χ1) is 18.5. The Balaban J connectivity index is 1.42. The lowest BCUT2D eigenvalue weighted by molar-refractivity contribution is 0.00954. The summed E-state index contributed by atoms with van der Waals surface area (Å²) in [4.78, 5) is 33.7. The van der Waals surface area contributed by atoms with Gasteiger partial charge in [0.05, 0.1) is 17.1 Å². The molecular formula is C28H22ClFN4O5. The molecule has 0 radical (unpaired) electrons. The zero-order valence-corrected chi connectivity index (χ0v) is 21.9. The first-order valence-electron chi connectivity index (χ1n) is 12.1. The fraction of sp³-hybridized carbons (Fsp3) is 0.214. The monoisotopic (exact) mass is 548 g/mol. The van der Waals surface area contributed by atoms with Crippen LogP contribution in [0.15, 0.2) is 42.7 Å². The second-order valence-corrected chi connectivity index (χ2v) is 10.2. The highest BCUT2D eigenvalue weighted by atomic mass is 35.5. The van der Waals surface area contributed by atoms with E-state index in [0.29, 0.717) is 39.0 Å². The normalized spacial score (nSPS) is 15.4. The van der Waals surface area contributed by atoms with Crippen molar-refractivity contribution >= 4 is 51.6 Å². The Kier molecular flexibility index (Phi) is 5.62. The molecule has 9 nitrogen and oxygen atoms in total. The third kappa shape index (κ3) is 3.99. The average Bonchev–Trinajstić information content (AvgIpc) is 3.13. The molecule has 198 valence electrons. The fourth-order valence-electron chi connectivity index (χ4n) is 5.08. The Morgan fingerprint density at radius 3 is 2.72 bits per heavy atom. The van der Waals surface area contributed by atoms with Crippen molar-refractivity contribution in [3.8, 4) is 17.0 Å². The molecule has 4 aromatic rings. The molecule has 0 saturated carbocycles. The number of benzene rings is 2. The maximum Gasteiger partial charge on any atom is 0.412 e. The highest BCUT2D eigenvalue weighted by Crippen LogP contribution is 2.42. The number of halogens is 2. The number of hydrogen-bond acceptors (Lipinski definition) is 7. The van der Waals surface area contributed by atoms with Crippen LogP contribution in [0, 0.1) is 12.7 Å². The fourth-order valence-corrected chi connectivity index (χ4v) is 5.34. The molecule has 39 heavy (non-hydrogen) atoms. The lowest BCUT2D eigenvalue weighted by atomic mass is 9.95. The number of cyclic esters (lactones) is 1. The number of amides is 1.